The number of aromatic nitrogens is 2. The van der Waals surface area contributed by atoms with E-state index in [0.717, 1.165) is 17.3 Å². The Morgan fingerprint density at radius 2 is 1.50 bits per heavy atom. The third-order valence-corrected chi connectivity index (χ3v) is 4.54. The van der Waals surface area contributed by atoms with Crippen LogP contribution < -0.4 is 5.43 Å². The summed E-state index contributed by atoms with van der Waals surface area (Å²) in [6.07, 6.45) is -5.15. The maximum absolute atomic E-state index is 9.96. The first-order chi connectivity index (χ1) is 14.5. The highest BCUT2D eigenvalue weighted by Crippen LogP contribution is 2.20. The van der Waals surface area contributed by atoms with E-state index >= 15 is 0 Å². The zero-order valence-electron chi connectivity index (χ0n) is 16.1. The minimum Gasteiger partial charge on any atom is -0.394 e. The van der Waals surface area contributed by atoms with Gasteiger partial charge < -0.3 is 25.5 Å². The molecule has 9 heteroatoms. The molecule has 3 rings (SSSR count). The van der Waals surface area contributed by atoms with Gasteiger partial charge in [0.05, 0.1) is 29.5 Å². The number of para-hydroxylation sites is 2. The van der Waals surface area contributed by atoms with Gasteiger partial charge in [0.2, 0.25) is 0 Å². The zero-order valence-corrected chi connectivity index (χ0v) is 16.1. The van der Waals surface area contributed by atoms with Gasteiger partial charge in [-0.3, -0.25) is 5.43 Å². The van der Waals surface area contributed by atoms with Gasteiger partial charge in [-0.05, 0) is 17.7 Å². The van der Waals surface area contributed by atoms with Gasteiger partial charge in [-0.2, -0.15) is 5.10 Å². The summed E-state index contributed by atoms with van der Waals surface area (Å²) >= 11 is 0. The van der Waals surface area contributed by atoms with E-state index in [2.05, 4.69) is 20.5 Å². The fourth-order valence-corrected chi connectivity index (χ4v) is 2.84. The Labute approximate surface area is 173 Å². The van der Waals surface area contributed by atoms with Crippen LogP contribution in [0.25, 0.3) is 11.0 Å². The Bertz CT molecular complexity index is 986. The SMILES string of the molecule is OC[C@@H](O)[C@@H](O)[C@H](O)[C@@H](O)/C=N/Nc1nc2ccccc2nc1Cc1ccccc1. The lowest BCUT2D eigenvalue weighted by Crippen LogP contribution is -2.46. The smallest absolute Gasteiger partial charge is 0.169 e. The summed E-state index contributed by atoms with van der Waals surface area (Å²) in [5.74, 6) is 0.381. The van der Waals surface area contributed by atoms with Crippen molar-refractivity contribution in [2.24, 2.45) is 5.10 Å². The predicted octanol–water partition coefficient (Wildman–Crippen LogP) is 0.0542. The molecule has 0 aliphatic rings. The monoisotopic (exact) mass is 412 g/mol. The molecule has 6 N–H and O–H groups in total. The predicted molar refractivity (Wildman–Crippen MR) is 112 cm³/mol. The van der Waals surface area contributed by atoms with Crippen molar-refractivity contribution in [3.05, 3.63) is 65.9 Å². The maximum atomic E-state index is 9.96. The number of anilines is 1. The van der Waals surface area contributed by atoms with Gasteiger partial charge in [0, 0.05) is 6.42 Å². The molecule has 0 amide bonds. The van der Waals surface area contributed by atoms with Gasteiger partial charge in [-0.15, -0.1) is 0 Å². The first kappa shape index (κ1) is 21.8. The molecule has 2 aromatic carbocycles. The molecule has 0 unspecified atom stereocenters. The molecule has 0 aliphatic carbocycles. The van der Waals surface area contributed by atoms with Crippen molar-refractivity contribution in [1.82, 2.24) is 9.97 Å². The number of benzene rings is 2. The highest BCUT2D eigenvalue weighted by Gasteiger charge is 2.29. The number of hydrogen-bond donors (Lipinski definition) is 6. The van der Waals surface area contributed by atoms with Crippen LogP contribution in [0.2, 0.25) is 0 Å². The van der Waals surface area contributed by atoms with Crippen molar-refractivity contribution < 1.29 is 25.5 Å². The molecule has 3 aromatic rings. The van der Waals surface area contributed by atoms with Gasteiger partial charge in [-0.25, -0.2) is 9.97 Å². The average molecular weight is 412 g/mol. The van der Waals surface area contributed by atoms with Crippen molar-refractivity contribution in [1.29, 1.82) is 0 Å². The van der Waals surface area contributed by atoms with Crippen molar-refractivity contribution in [2.45, 2.75) is 30.8 Å². The fourth-order valence-electron chi connectivity index (χ4n) is 2.84. The third kappa shape index (κ3) is 5.35. The Kier molecular flexibility index (Phi) is 7.39. The van der Waals surface area contributed by atoms with Crippen LogP contribution in [0, 0.1) is 0 Å². The van der Waals surface area contributed by atoms with E-state index in [4.69, 9.17) is 5.11 Å². The maximum Gasteiger partial charge on any atom is 0.169 e. The molecule has 9 nitrogen and oxygen atoms in total. The molecule has 1 aromatic heterocycles. The Morgan fingerprint density at radius 1 is 0.867 bits per heavy atom. The van der Waals surface area contributed by atoms with Crippen LogP contribution >= 0.6 is 0 Å². The number of nitrogens with one attached hydrogen (secondary N) is 1. The van der Waals surface area contributed by atoms with Crippen LogP contribution in [0.1, 0.15) is 11.3 Å². The van der Waals surface area contributed by atoms with E-state index in [1.165, 1.54) is 0 Å². The summed E-state index contributed by atoms with van der Waals surface area (Å²) < 4.78 is 0. The third-order valence-electron chi connectivity index (χ3n) is 4.54. The lowest BCUT2D eigenvalue weighted by Gasteiger charge is -2.23. The Hall–Kier alpha value is -2.95. The van der Waals surface area contributed by atoms with Crippen LogP contribution in [0.4, 0.5) is 5.82 Å². The van der Waals surface area contributed by atoms with Gasteiger partial charge >= 0.3 is 0 Å². The first-order valence-corrected chi connectivity index (χ1v) is 9.41. The molecule has 0 radical (unpaired) electrons. The van der Waals surface area contributed by atoms with Gasteiger partial charge in [0.1, 0.15) is 24.4 Å². The second-order valence-electron chi connectivity index (χ2n) is 6.78. The molecule has 158 valence electrons. The van der Waals surface area contributed by atoms with Crippen LogP contribution in [0.15, 0.2) is 59.7 Å². The average Bonchev–Trinajstić information content (AvgIpc) is 2.78. The summed E-state index contributed by atoms with van der Waals surface area (Å²) in [4.78, 5) is 9.19. The van der Waals surface area contributed by atoms with E-state index in [1.54, 1.807) is 0 Å². The first-order valence-electron chi connectivity index (χ1n) is 9.41. The number of hydrazone groups is 1. The van der Waals surface area contributed by atoms with Crippen LogP contribution in [-0.2, 0) is 6.42 Å². The second-order valence-corrected chi connectivity index (χ2v) is 6.78. The van der Waals surface area contributed by atoms with Crippen molar-refractivity contribution in [3.63, 3.8) is 0 Å². The topological polar surface area (TPSA) is 151 Å². The summed E-state index contributed by atoms with van der Waals surface area (Å²) in [6.45, 7) is -0.754. The second kappa shape index (κ2) is 10.2. The lowest BCUT2D eigenvalue weighted by molar-refractivity contribution is -0.0999. The number of rotatable bonds is 9. The quantitative estimate of drug-likeness (QED) is 0.213. The van der Waals surface area contributed by atoms with E-state index in [-0.39, 0.29) is 0 Å². The molecule has 0 spiro atoms. The van der Waals surface area contributed by atoms with Crippen molar-refractivity contribution in [3.8, 4) is 0 Å². The highest BCUT2D eigenvalue weighted by molar-refractivity contribution is 5.76. The zero-order chi connectivity index (χ0) is 21.5. The number of nitrogens with zero attached hydrogens (tertiary/aromatic N) is 3. The molecule has 0 saturated carbocycles. The number of hydrogen-bond acceptors (Lipinski definition) is 9. The minimum atomic E-state index is -1.73. The fraction of sp³-hybridized carbons (Fsp3) is 0.286. The Morgan fingerprint density at radius 3 is 2.17 bits per heavy atom. The van der Waals surface area contributed by atoms with Gasteiger partial charge in [0.25, 0.3) is 0 Å². The minimum absolute atomic E-state index is 0.381. The van der Waals surface area contributed by atoms with Crippen LogP contribution in [0.3, 0.4) is 0 Å². The Balaban J connectivity index is 1.80. The number of aliphatic hydroxyl groups excluding tert-OH is 5. The summed E-state index contributed by atoms with van der Waals surface area (Å²) in [7, 11) is 0. The summed E-state index contributed by atoms with van der Waals surface area (Å²) in [6, 6.07) is 17.1. The molecule has 30 heavy (non-hydrogen) atoms. The highest BCUT2D eigenvalue weighted by atomic mass is 16.4. The van der Waals surface area contributed by atoms with Gasteiger partial charge in [-0.1, -0.05) is 42.5 Å². The molecule has 4 atom stereocenters. The molecule has 1 heterocycles. The van der Waals surface area contributed by atoms with Gasteiger partial charge in [0.15, 0.2) is 5.82 Å². The molecule has 0 fully saturated rings. The largest absolute Gasteiger partial charge is 0.394 e. The molecule has 0 aliphatic heterocycles. The summed E-state index contributed by atoms with van der Waals surface area (Å²) in [5.41, 5.74) is 5.79. The van der Waals surface area contributed by atoms with E-state index in [1.807, 2.05) is 54.6 Å². The van der Waals surface area contributed by atoms with E-state index in [9.17, 15) is 20.4 Å². The number of fused-ring (bicyclic) bond motifs is 1. The lowest BCUT2D eigenvalue weighted by atomic mass is 10.0. The molecule has 0 bridgehead atoms. The molecular formula is C21H24N4O5. The van der Waals surface area contributed by atoms with E-state index < -0.39 is 31.0 Å². The standard InChI is InChI=1S/C21H24N4O5/c26-12-18(28)20(30)19(29)17(27)11-22-25-21-16(10-13-6-2-1-3-7-13)23-14-8-4-5-9-15(14)24-21/h1-9,11,17-20,26-30H,10,12H2,(H,24,25)/b22-11+/t17-,18+,19+,20+/m0/s1. The molecule has 0 saturated heterocycles. The van der Waals surface area contributed by atoms with Crippen molar-refractivity contribution >= 4 is 23.1 Å². The van der Waals surface area contributed by atoms with E-state index in [0.29, 0.717) is 23.4 Å². The van der Waals surface area contributed by atoms with Crippen LogP contribution in [-0.4, -0.2) is 72.7 Å². The molecular weight excluding hydrogens is 388 g/mol. The van der Waals surface area contributed by atoms with Crippen molar-refractivity contribution in [2.75, 3.05) is 12.0 Å². The number of aliphatic hydroxyl groups is 5. The normalized spacial score (nSPS) is 15.8. The summed E-state index contributed by atoms with van der Waals surface area (Å²) in [5, 5.41) is 51.6. The van der Waals surface area contributed by atoms with Crippen LogP contribution in [0.5, 0.6) is 0 Å².